The summed E-state index contributed by atoms with van der Waals surface area (Å²) < 4.78 is 36.4. The molecular formula is C4H3F3N2O2. The van der Waals surface area contributed by atoms with Gasteiger partial charge < -0.3 is 5.32 Å². The first-order valence-electron chi connectivity index (χ1n) is 2.58. The lowest BCUT2D eigenvalue weighted by atomic mass is 10.2. The zero-order valence-electron chi connectivity index (χ0n) is 5.03. The van der Waals surface area contributed by atoms with Gasteiger partial charge in [-0.3, -0.25) is 10.1 Å². The molecule has 1 heterocycles. The molecule has 62 valence electrons. The normalized spacial score (nSPS) is 29.2. The van der Waals surface area contributed by atoms with Crippen molar-refractivity contribution in [2.75, 3.05) is 0 Å². The summed E-state index contributed by atoms with van der Waals surface area (Å²) in [6, 6.07) is -1.26. The summed E-state index contributed by atoms with van der Waals surface area (Å²) in [6.45, 7) is 0. The van der Waals surface area contributed by atoms with Crippen molar-refractivity contribution >= 4 is 11.9 Å². The highest BCUT2D eigenvalue weighted by atomic mass is 19.3. The third-order valence-electron chi connectivity index (χ3n) is 1.11. The minimum atomic E-state index is -4.17. The van der Waals surface area contributed by atoms with Gasteiger partial charge in [-0.15, -0.1) is 0 Å². The second kappa shape index (κ2) is 2.11. The number of amides is 3. The summed E-state index contributed by atoms with van der Waals surface area (Å²) >= 11 is 0. The van der Waals surface area contributed by atoms with E-state index >= 15 is 0 Å². The summed E-state index contributed by atoms with van der Waals surface area (Å²) in [6.07, 6.45) is -2.94. The number of nitrogens with one attached hydrogen (secondary N) is 2. The van der Waals surface area contributed by atoms with E-state index in [1.807, 2.05) is 0 Å². The van der Waals surface area contributed by atoms with Gasteiger partial charge in [-0.05, 0) is 0 Å². The number of urea groups is 1. The van der Waals surface area contributed by atoms with E-state index in [0.717, 1.165) is 0 Å². The first kappa shape index (κ1) is 7.83. The fourth-order valence-corrected chi connectivity index (χ4v) is 0.543. The summed E-state index contributed by atoms with van der Waals surface area (Å²) in [7, 11) is 0. The van der Waals surface area contributed by atoms with E-state index in [1.54, 1.807) is 0 Å². The number of carbonyl (C=O) groups excluding carboxylic acids is 2. The van der Waals surface area contributed by atoms with Gasteiger partial charge in [-0.25, -0.2) is 9.18 Å². The summed E-state index contributed by atoms with van der Waals surface area (Å²) in [5.41, 5.74) is 0. The summed E-state index contributed by atoms with van der Waals surface area (Å²) in [4.78, 5) is 20.3. The van der Waals surface area contributed by atoms with Gasteiger partial charge >= 0.3 is 17.9 Å². The van der Waals surface area contributed by atoms with Crippen LogP contribution in [-0.4, -0.2) is 24.2 Å². The molecule has 0 aliphatic carbocycles. The van der Waals surface area contributed by atoms with Crippen molar-refractivity contribution in [3.05, 3.63) is 0 Å². The Morgan fingerprint density at radius 1 is 1.36 bits per heavy atom. The standard InChI is InChI=1S/C4H3F3N2O2/c5-1-4(6,7)2(10)9-3(11)8-1/h1H,(H2,8,9,10,11)/t1-/m1/s1. The van der Waals surface area contributed by atoms with Gasteiger partial charge in [-0.1, -0.05) is 0 Å². The lowest BCUT2D eigenvalue weighted by Crippen LogP contribution is -2.63. The number of carbonyl (C=O) groups is 2. The molecule has 11 heavy (non-hydrogen) atoms. The van der Waals surface area contributed by atoms with Crippen LogP contribution in [0.1, 0.15) is 0 Å². The number of hydrogen-bond donors (Lipinski definition) is 2. The first-order chi connectivity index (χ1) is 4.94. The molecule has 1 rings (SSSR count). The molecule has 0 radical (unpaired) electrons. The van der Waals surface area contributed by atoms with E-state index in [-0.39, 0.29) is 0 Å². The molecule has 1 aliphatic heterocycles. The smallest absolute Gasteiger partial charge is 0.302 e. The SMILES string of the molecule is O=C1NC(=O)C(F)(F)[C@H](F)N1. The molecule has 7 heteroatoms. The van der Waals surface area contributed by atoms with E-state index in [2.05, 4.69) is 0 Å². The number of rotatable bonds is 0. The molecular weight excluding hydrogens is 165 g/mol. The summed E-state index contributed by atoms with van der Waals surface area (Å²) in [5.74, 6) is -6.10. The molecule has 4 nitrogen and oxygen atoms in total. The highest BCUT2D eigenvalue weighted by Crippen LogP contribution is 2.21. The van der Waals surface area contributed by atoms with Crippen molar-refractivity contribution in [1.82, 2.24) is 10.6 Å². The van der Waals surface area contributed by atoms with Crippen molar-refractivity contribution in [2.45, 2.75) is 12.2 Å². The minimum Gasteiger partial charge on any atom is -0.302 e. The lowest BCUT2D eigenvalue weighted by Gasteiger charge is -2.24. The average Bonchev–Trinajstić information content (AvgIpc) is 1.84. The Bertz CT molecular complexity index is 217. The van der Waals surface area contributed by atoms with Gasteiger partial charge in [0.25, 0.3) is 0 Å². The monoisotopic (exact) mass is 168 g/mol. The zero-order chi connectivity index (χ0) is 8.65. The van der Waals surface area contributed by atoms with E-state index in [9.17, 15) is 22.8 Å². The fourth-order valence-electron chi connectivity index (χ4n) is 0.543. The Morgan fingerprint density at radius 3 is 2.36 bits per heavy atom. The van der Waals surface area contributed by atoms with E-state index in [1.165, 1.54) is 10.6 Å². The van der Waals surface area contributed by atoms with Crippen molar-refractivity contribution in [3.8, 4) is 0 Å². The van der Waals surface area contributed by atoms with Crippen LogP contribution in [-0.2, 0) is 4.79 Å². The molecule has 0 spiro atoms. The van der Waals surface area contributed by atoms with Gasteiger partial charge in [0.2, 0.25) is 6.30 Å². The highest BCUT2D eigenvalue weighted by Gasteiger charge is 2.52. The number of halogens is 3. The quantitative estimate of drug-likeness (QED) is 0.490. The van der Waals surface area contributed by atoms with Gasteiger partial charge in [-0.2, -0.15) is 8.78 Å². The van der Waals surface area contributed by atoms with E-state index in [0.29, 0.717) is 0 Å². The van der Waals surface area contributed by atoms with Crippen LogP contribution in [0, 0.1) is 0 Å². The van der Waals surface area contributed by atoms with Gasteiger partial charge in [0.05, 0.1) is 0 Å². The fraction of sp³-hybridized carbons (Fsp3) is 0.500. The first-order valence-corrected chi connectivity index (χ1v) is 2.58. The zero-order valence-corrected chi connectivity index (χ0v) is 5.03. The van der Waals surface area contributed by atoms with E-state index < -0.39 is 24.2 Å². The Morgan fingerprint density at radius 2 is 1.91 bits per heavy atom. The van der Waals surface area contributed by atoms with E-state index in [4.69, 9.17) is 0 Å². The lowest BCUT2D eigenvalue weighted by molar-refractivity contribution is -0.159. The number of alkyl halides is 3. The van der Waals surface area contributed by atoms with Crippen LogP contribution in [0.3, 0.4) is 0 Å². The second-order valence-corrected chi connectivity index (χ2v) is 1.91. The second-order valence-electron chi connectivity index (χ2n) is 1.91. The van der Waals surface area contributed by atoms with Crippen molar-refractivity contribution in [1.29, 1.82) is 0 Å². The maximum absolute atomic E-state index is 12.2. The molecule has 1 atom stereocenters. The average molecular weight is 168 g/mol. The van der Waals surface area contributed by atoms with Crippen molar-refractivity contribution in [3.63, 3.8) is 0 Å². The largest absolute Gasteiger partial charge is 0.373 e. The van der Waals surface area contributed by atoms with Gasteiger partial charge in [0.1, 0.15) is 0 Å². The maximum atomic E-state index is 12.2. The Hall–Kier alpha value is -1.27. The van der Waals surface area contributed by atoms with Crippen molar-refractivity contribution < 1.29 is 22.8 Å². The Balaban J connectivity index is 2.84. The molecule has 2 N–H and O–H groups in total. The number of imide groups is 1. The molecule has 1 aliphatic rings. The highest BCUT2D eigenvalue weighted by molar-refractivity contribution is 6.00. The molecule has 0 aromatic rings. The molecule has 0 bridgehead atoms. The van der Waals surface area contributed by atoms with Crippen LogP contribution < -0.4 is 10.6 Å². The molecule has 3 amide bonds. The molecule has 0 saturated carbocycles. The topological polar surface area (TPSA) is 58.2 Å². The molecule has 1 fully saturated rings. The number of hydrogen-bond acceptors (Lipinski definition) is 2. The van der Waals surface area contributed by atoms with Crippen LogP contribution >= 0.6 is 0 Å². The van der Waals surface area contributed by atoms with Crippen LogP contribution in [0.4, 0.5) is 18.0 Å². The Labute approximate surface area is 58.7 Å². The molecule has 0 aromatic carbocycles. The molecule has 1 saturated heterocycles. The third kappa shape index (κ3) is 1.13. The Kier molecular flexibility index (Phi) is 1.50. The van der Waals surface area contributed by atoms with Crippen LogP contribution in [0.25, 0.3) is 0 Å². The van der Waals surface area contributed by atoms with Gasteiger partial charge in [0, 0.05) is 0 Å². The van der Waals surface area contributed by atoms with Crippen LogP contribution in [0.15, 0.2) is 0 Å². The molecule has 0 aromatic heterocycles. The van der Waals surface area contributed by atoms with Crippen LogP contribution in [0.5, 0.6) is 0 Å². The third-order valence-corrected chi connectivity index (χ3v) is 1.11. The predicted octanol–water partition coefficient (Wildman–Crippen LogP) is -0.243. The predicted molar refractivity (Wildman–Crippen MR) is 26.5 cm³/mol. The van der Waals surface area contributed by atoms with Gasteiger partial charge in [0.15, 0.2) is 0 Å². The van der Waals surface area contributed by atoms with Crippen molar-refractivity contribution in [2.24, 2.45) is 0 Å². The minimum absolute atomic E-state index is 1.21. The maximum Gasteiger partial charge on any atom is 0.373 e. The van der Waals surface area contributed by atoms with Crippen LogP contribution in [0.2, 0.25) is 0 Å². The molecule has 0 unspecified atom stereocenters. The summed E-state index contributed by atoms with van der Waals surface area (Å²) in [5, 5.41) is 2.43.